The summed E-state index contributed by atoms with van der Waals surface area (Å²) in [7, 11) is 0. The van der Waals surface area contributed by atoms with E-state index in [9.17, 15) is 5.11 Å². The van der Waals surface area contributed by atoms with Gasteiger partial charge in [0.25, 0.3) is 0 Å². The molecular weight excluding hydrogens is 310 g/mol. The van der Waals surface area contributed by atoms with Gasteiger partial charge in [0.05, 0.1) is 17.7 Å². The molecule has 2 N–H and O–H groups in total. The highest BCUT2D eigenvalue weighted by atomic mass is 35.5. The molecule has 118 valence electrons. The minimum Gasteiger partial charge on any atom is -0.460 e. The molecule has 0 spiro atoms. The molecule has 4 heteroatoms. The van der Waals surface area contributed by atoms with Gasteiger partial charge in [-0.3, -0.25) is 0 Å². The van der Waals surface area contributed by atoms with Crippen molar-refractivity contribution in [2.75, 3.05) is 6.54 Å². The Balaban J connectivity index is 1.57. The van der Waals surface area contributed by atoms with Crippen LogP contribution in [0.1, 0.15) is 17.4 Å². The lowest BCUT2D eigenvalue weighted by atomic mass is 10.1. The Morgan fingerprint density at radius 3 is 2.48 bits per heavy atom. The second-order valence-electron chi connectivity index (χ2n) is 5.30. The van der Waals surface area contributed by atoms with E-state index in [1.54, 1.807) is 0 Å². The lowest BCUT2D eigenvalue weighted by Crippen LogP contribution is -2.20. The van der Waals surface area contributed by atoms with Crippen molar-refractivity contribution in [2.24, 2.45) is 0 Å². The van der Waals surface area contributed by atoms with Crippen LogP contribution in [0.2, 0.25) is 5.02 Å². The van der Waals surface area contributed by atoms with Gasteiger partial charge in [0.15, 0.2) is 0 Å². The van der Waals surface area contributed by atoms with E-state index >= 15 is 0 Å². The fourth-order valence-corrected chi connectivity index (χ4v) is 2.63. The molecule has 0 amide bonds. The highest BCUT2D eigenvalue weighted by Crippen LogP contribution is 2.28. The minimum absolute atomic E-state index is 0.464. The number of furan rings is 1. The van der Waals surface area contributed by atoms with Gasteiger partial charge in [-0.1, -0.05) is 54.1 Å². The molecule has 3 nitrogen and oxygen atoms in total. The molecule has 0 saturated heterocycles. The largest absolute Gasteiger partial charge is 0.460 e. The molecular formula is C19H18ClNO2. The first kappa shape index (κ1) is 15.8. The van der Waals surface area contributed by atoms with Gasteiger partial charge in [0.1, 0.15) is 11.5 Å². The van der Waals surface area contributed by atoms with Gasteiger partial charge >= 0.3 is 0 Å². The van der Waals surface area contributed by atoms with Crippen molar-refractivity contribution in [1.82, 2.24) is 5.32 Å². The van der Waals surface area contributed by atoms with Crippen molar-refractivity contribution in [1.29, 1.82) is 0 Å². The molecule has 23 heavy (non-hydrogen) atoms. The fraction of sp³-hybridized carbons (Fsp3) is 0.158. The lowest BCUT2D eigenvalue weighted by molar-refractivity contribution is 0.173. The summed E-state index contributed by atoms with van der Waals surface area (Å²) in [6.45, 7) is 1.01. The van der Waals surface area contributed by atoms with Crippen LogP contribution in [0, 0.1) is 0 Å². The zero-order valence-corrected chi connectivity index (χ0v) is 13.3. The maximum Gasteiger partial charge on any atom is 0.135 e. The van der Waals surface area contributed by atoms with Gasteiger partial charge in [-0.15, -0.1) is 0 Å². The van der Waals surface area contributed by atoms with Gasteiger partial charge in [-0.2, -0.15) is 0 Å². The number of aliphatic hydroxyl groups is 1. The smallest absolute Gasteiger partial charge is 0.135 e. The summed E-state index contributed by atoms with van der Waals surface area (Å²) < 4.78 is 5.81. The molecule has 0 aliphatic carbocycles. The van der Waals surface area contributed by atoms with Crippen molar-refractivity contribution in [3.05, 3.63) is 83.1 Å². The molecule has 0 bridgehead atoms. The molecule has 0 aliphatic heterocycles. The number of hydrogen-bond acceptors (Lipinski definition) is 3. The average molecular weight is 328 g/mol. The maximum absolute atomic E-state index is 10.1. The van der Waals surface area contributed by atoms with E-state index in [4.69, 9.17) is 16.0 Å². The molecule has 1 aromatic heterocycles. The third-order valence-electron chi connectivity index (χ3n) is 3.62. The minimum atomic E-state index is -0.533. The third kappa shape index (κ3) is 4.02. The predicted octanol–water partition coefficient (Wildman–Crippen LogP) is 4.42. The monoisotopic (exact) mass is 327 g/mol. The molecule has 0 aliphatic rings. The normalized spacial score (nSPS) is 12.3. The van der Waals surface area contributed by atoms with E-state index in [1.165, 1.54) is 0 Å². The second-order valence-corrected chi connectivity index (χ2v) is 5.71. The van der Waals surface area contributed by atoms with E-state index in [2.05, 4.69) is 5.32 Å². The highest BCUT2D eigenvalue weighted by Gasteiger charge is 2.09. The van der Waals surface area contributed by atoms with Crippen molar-refractivity contribution in [3.8, 4) is 11.3 Å². The maximum atomic E-state index is 10.1. The Kier molecular flexibility index (Phi) is 5.13. The van der Waals surface area contributed by atoms with Crippen LogP contribution in [-0.4, -0.2) is 11.7 Å². The molecule has 3 rings (SSSR count). The zero-order valence-electron chi connectivity index (χ0n) is 12.6. The van der Waals surface area contributed by atoms with Gasteiger partial charge in [-0.05, 0) is 29.8 Å². The van der Waals surface area contributed by atoms with Crippen molar-refractivity contribution in [2.45, 2.75) is 12.6 Å². The summed E-state index contributed by atoms with van der Waals surface area (Å²) in [4.78, 5) is 0. The zero-order chi connectivity index (χ0) is 16.1. The number of nitrogens with one attached hydrogen (secondary N) is 1. The highest BCUT2D eigenvalue weighted by molar-refractivity contribution is 6.33. The van der Waals surface area contributed by atoms with Crippen LogP contribution in [0.4, 0.5) is 0 Å². The van der Waals surface area contributed by atoms with E-state index in [1.807, 2.05) is 66.7 Å². The Labute approximate surface area is 140 Å². The van der Waals surface area contributed by atoms with Crippen molar-refractivity contribution >= 4 is 11.6 Å². The van der Waals surface area contributed by atoms with Gasteiger partial charge in [0, 0.05) is 12.1 Å². The fourth-order valence-electron chi connectivity index (χ4n) is 2.40. The molecule has 1 unspecified atom stereocenters. The van der Waals surface area contributed by atoms with Crippen LogP contribution in [0.3, 0.4) is 0 Å². The number of benzene rings is 2. The molecule has 1 heterocycles. The van der Waals surface area contributed by atoms with Crippen LogP contribution in [0.25, 0.3) is 11.3 Å². The molecule has 0 radical (unpaired) electrons. The second kappa shape index (κ2) is 7.47. The van der Waals surface area contributed by atoms with Crippen LogP contribution in [0.5, 0.6) is 0 Å². The first-order valence-corrected chi connectivity index (χ1v) is 7.89. The van der Waals surface area contributed by atoms with Crippen molar-refractivity contribution < 1.29 is 9.52 Å². The van der Waals surface area contributed by atoms with Gasteiger partial charge < -0.3 is 14.8 Å². The van der Waals surface area contributed by atoms with Crippen LogP contribution >= 0.6 is 11.6 Å². The summed E-state index contributed by atoms with van der Waals surface area (Å²) in [5.74, 6) is 1.55. The lowest BCUT2D eigenvalue weighted by Gasteiger charge is -2.11. The Hall–Kier alpha value is -2.07. The molecule has 1 atom stereocenters. The Bertz CT molecular complexity index is 755. The predicted molar refractivity (Wildman–Crippen MR) is 92.3 cm³/mol. The van der Waals surface area contributed by atoms with E-state index in [0.717, 1.165) is 22.6 Å². The topological polar surface area (TPSA) is 45.4 Å². The Morgan fingerprint density at radius 1 is 0.957 bits per heavy atom. The summed E-state index contributed by atoms with van der Waals surface area (Å²) in [6, 6.07) is 21.0. The number of rotatable bonds is 6. The third-order valence-corrected chi connectivity index (χ3v) is 3.95. The average Bonchev–Trinajstić information content (AvgIpc) is 3.04. The summed E-state index contributed by atoms with van der Waals surface area (Å²) in [5.41, 5.74) is 1.78. The first-order chi connectivity index (χ1) is 11.2. The van der Waals surface area contributed by atoms with Crippen molar-refractivity contribution in [3.63, 3.8) is 0 Å². The van der Waals surface area contributed by atoms with E-state index in [-0.39, 0.29) is 0 Å². The number of halogens is 1. The molecule has 0 saturated carbocycles. The molecule has 2 aromatic carbocycles. The van der Waals surface area contributed by atoms with E-state index in [0.29, 0.717) is 18.1 Å². The Morgan fingerprint density at radius 2 is 1.70 bits per heavy atom. The molecule has 0 fully saturated rings. The van der Waals surface area contributed by atoms with Gasteiger partial charge in [-0.25, -0.2) is 0 Å². The standard InChI is InChI=1S/C19H18ClNO2/c20-17-9-5-4-8-16(17)19-11-10-15(23-19)12-21-13-18(22)14-6-2-1-3-7-14/h1-11,18,21-22H,12-13H2. The van der Waals surface area contributed by atoms with E-state index < -0.39 is 6.10 Å². The summed E-state index contributed by atoms with van der Waals surface area (Å²) in [5, 5.41) is 14.0. The van der Waals surface area contributed by atoms with Crippen LogP contribution < -0.4 is 5.32 Å². The molecule has 3 aromatic rings. The first-order valence-electron chi connectivity index (χ1n) is 7.51. The SMILES string of the molecule is OC(CNCc1ccc(-c2ccccc2Cl)o1)c1ccccc1. The van der Waals surface area contributed by atoms with Crippen LogP contribution in [-0.2, 0) is 6.54 Å². The number of hydrogen-bond donors (Lipinski definition) is 2. The van der Waals surface area contributed by atoms with Gasteiger partial charge in [0.2, 0.25) is 0 Å². The summed E-state index contributed by atoms with van der Waals surface area (Å²) in [6.07, 6.45) is -0.533. The number of aliphatic hydroxyl groups excluding tert-OH is 1. The quantitative estimate of drug-likeness (QED) is 0.704. The van der Waals surface area contributed by atoms with Crippen LogP contribution in [0.15, 0.2) is 71.1 Å². The summed E-state index contributed by atoms with van der Waals surface area (Å²) >= 11 is 6.17.